The van der Waals surface area contributed by atoms with Gasteiger partial charge in [0.2, 0.25) is 5.91 Å². The average Bonchev–Trinajstić information content (AvgIpc) is 3.19. The van der Waals surface area contributed by atoms with Gasteiger partial charge in [0.05, 0.1) is 18.2 Å². The molecular formula is C14H16N8O. The number of hydrogen-bond donors (Lipinski definition) is 1. The Morgan fingerprint density at radius 3 is 2.96 bits per heavy atom. The second kappa shape index (κ2) is 6.34. The summed E-state index contributed by atoms with van der Waals surface area (Å²) in [5, 5.41) is 18.3. The number of hydrogen-bond acceptors (Lipinski definition) is 6. The second-order valence-corrected chi connectivity index (χ2v) is 5.20. The van der Waals surface area contributed by atoms with Gasteiger partial charge in [0, 0.05) is 5.69 Å². The number of aromatic nitrogens is 7. The van der Waals surface area contributed by atoms with E-state index in [1.807, 2.05) is 38.1 Å². The van der Waals surface area contributed by atoms with Crippen LogP contribution in [0.25, 0.3) is 5.69 Å². The molecule has 0 bridgehead atoms. The van der Waals surface area contributed by atoms with E-state index in [4.69, 9.17) is 0 Å². The number of tetrazole rings is 1. The molecule has 118 valence electrons. The molecule has 9 heteroatoms. The van der Waals surface area contributed by atoms with Gasteiger partial charge in [0.15, 0.2) is 5.82 Å². The van der Waals surface area contributed by atoms with E-state index in [0.717, 1.165) is 5.69 Å². The fraction of sp³-hybridized carbons (Fsp3) is 0.286. The average molecular weight is 312 g/mol. The number of benzene rings is 1. The van der Waals surface area contributed by atoms with E-state index in [2.05, 4.69) is 30.9 Å². The largest absolute Gasteiger partial charge is 0.326 e. The standard InChI is InChI=1S/C14H16N8O/c1-10(7-21-9-15-8-16-21)14(23)17-12-4-3-5-13(6-12)22-11(2)18-19-20-22/h3-6,8-10H,7H2,1-2H3,(H,17,23). The number of rotatable bonds is 5. The Balaban J connectivity index is 1.70. The summed E-state index contributed by atoms with van der Waals surface area (Å²) in [7, 11) is 0. The van der Waals surface area contributed by atoms with Crippen LogP contribution in [-0.4, -0.2) is 40.9 Å². The van der Waals surface area contributed by atoms with Gasteiger partial charge in [-0.05, 0) is 35.5 Å². The van der Waals surface area contributed by atoms with Gasteiger partial charge >= 0.3 is 0 Å². The van der Waals surface area contributed by atoms with E-state index in [1.165, 1.54) is 6.33 Å². The van der Waals surface area contributed by atoms with Crippen LogP contribution in [0.1, 0.15) is 12.7 Å². The fourth-order valence-corrected chi connectivity index (χ4v) is 2.14. The first-order valence-corrected chi connectivity index (χ1v) is 7.12. The zero-order valence-electron chi connectivity index (χ0n) is 12.8. The lowest BCUT2D eigenvalue weighted by atomic mass is 10.1. The van der Waals surface area contributed by atoms with Gasteiger partial charge in [-0.3, -0.25) is 9.48 Å². The van der Waals surface area contributed by atoms with Gasteiger partial charge in [-0.25, -0.2) is 4.98 Å². The highest BCUT2D eigenvalue weighted by atomic mass is 16.1. The summed E-state index contributed by atoms with van der Waals surface area (Å²) in [5.74, 6) is 0.342. The third-order valence-corrected chi connectivity index (χ3v) is 3.36. The third kappa shape index (κ3) is 3.39. The molecule has 0 fully saturated rings. The number of nitrogens with one attached hydrogen (secondary N) is 1. The molecule has 0 spiro atoms. The highest BCUT2D eigenvalue weighted by Gasteiger charge is 2.14. The minimum absolute atomic E-state index is 0.0916. The Morgan fingerprint density at radius 1 is 1.39 bits per heavy atom. The maximum Gasteiger partial charge on any atom is 0.229 e. The van der Waals surface area contributed by atoms with Crippen LogP contribution in [0.5, 0.6) is 0 Å². The van der Waals surface area contributed by atoms with Crippen LogP contribution < -0.4 is 5.32 Å². The lowest BCUT2D eigenvalue weighted by molar-refractivity contribution is -0.119. The van der Waals surface area contributed by atoms with Crippen LogP contribution in [0, 0.1) is 12.8 Å². The molecular weight excluding hydrogens is 296 g/mol. The molecule has 1 amide bonds. The maximum atomic E-state index is 12.3. The molecule has 9 nitrogen and oxygen atoms in total. The van der Waals surface area contributed by atoms with Crippen molar-refractivity contribution in [2.45, 2.75) is 20.4 Å². The van der Waals surface area contributed by atoms with Crippen molar-refractivity contribution in [3.63, 3.8) is 0 Å². The molecule has 1 unspecified atom stereocenters. The Hall–Kier alpha value is -3.10. The topological polar surface area (TPSA) is 103 Å². The van der Waals surface area contributed by atoms with Crippen molar-refractivity contribution in [1.29, 1.82) is 0 Å². The monoisotopic (exact) mass is 312 g/mol. The van der Waals surface area contributed by atoms with Crippen molar-refractivity contribution in [2.75, 3.05) is 5.32 Å². The van der Waals surface area contributed by atoms with Gasteiger partial charge in [-0.1, -0.05) is 13.0 Å². The molecule has 0 saturated heterocycles. The fourth-order valence-electron chi connectivity index (χ4n) is 2.14. The lowest BCUT2D eigenvalue weighted by Crippen LogP contribution is -2.24. The van der Waals surface area contributed by atoms with Crippen LogP contribution in [0.3, 0.4) is 0 Å². The van der Waals surface area contributed by atoms with Gasteiger partial charge in [0.25, 0.3) is 0 Å². The number of amides is 1. The van der Waals surface area contributed by atoms with Crippen molar-refractivity contribution < 1.29 is 4.79 Å². The highest BCUT2D eigenvalue weighted by molar-refractivity contribution is 5.92. The van der Waals surface area contributed by atoms with E-state index in [-0.39, 0.29) is 11.8 Å². The van der Waals surface area contributed by atoms with E-state index >= 15 is 0 Å². The van der Waals surface area contributed by atoms with Crippen molar-refractivity contribution >= 4 is 11.6 Å². The van der Waals surface area contributed by atoms with Gasteiger partial charge in [-0.15, -0.1) is 5.10 Å². The van der Waals surface area contributed by atoms with E-state index in [1.54, 1.807) is 15.7 Å². The summed E-state index contributed by atoms with van der Waals surface area (Å²) in [5.41, 5.74) is 1.47. The van der Waals surface area contributed by atoms with Gasteiger partial charge in [-0.2, -0.15) is 9.78 Å². The molecule has 1 aromatic carbocycles. The molecule has 23 heavy (non-hydrogen) atoms. The smallest absolute Gasteiger partial charge is 0.229 e. The number of anilines is 1. The van der Waals surface area contributed by atoms with Crippen LogP contribution in [-0.2, 0) is 11.3 Å². The summed E-state index contributed by atoms with van der Waals surface area (Å²) in [6.45, 7) is 4.12. The molecule has 0 aliphatic rings. The molecule has 0 aliphatic heterocycles. The Bertz CT molecular complexity index is 795. The normalized spacial score (nSPS) is 12.1. The maximum absolute atomic E-state index is 12.3. The van der Waals surface area contributed by atoms with Crippen LogP contribution in [0.4, 0.5) is 5.69 Å². The molecule has 0 radical (unpaired) electrons. The van der Waals surface area contributed by atoms with Crippen molar-refractivity contribution in [3.05, 3.63) is 42.7 Å². The Kier molecular flexibility index (Phi) is 4.09. The summed E-state index contributed by atoms with van der Waals surface area (Å²) in [6.07, 6.45) is 3.04. The first-order chi connectivity index (χ1) is 11.1. The number of aryl methyl sites for hydroxylation is 1. The third-order valence-electron chi connectivity index (χ3n) is 3.36. The Morgan fingerprint density at radius 2 is 2.26 bits per heavy atom. The number of carbonyl (C=O) groups is 1. The van der Waals surface area contributed by atoms with Crippen molar-refractivity contribution in [3.8, 4) is 5.69 Å². The predicted molar refractivity (Wildman–Crippen MR) is 81.7 cm³/mol. The van der Waals surface area contributed by atoms with E-state index in [0.29, 0.717) is 18.1 Å². The van der Waals surface area contributed by atoms with Crippen LogP contribution in [0.2, 0.25) is 0 Å². The van der Waals surface area contributed by atoms with Gasteiger partial charge in [0.1, 0.15) is 12.7 Å². The van der Waals surface area contributed by atoms with Gasteiger partial charge < -0.3 is 5.32 Å². The first-order valence-electron chi connectivity index (χ1n) is 7.12. The molecule has 2 aromatic heterocycles. The summed E-state index contributed by atoms with van der Waals surface area (Å²) in [6, 6.07) is 7.36. The number of nitrogens with zero attached hydrogens (tertiary/aromatic N) is 7. The number of carbonyl (C=O) groups excluding carboxylic acids is 1. The highest BCUT2D eigenvalue weighted by Crippen LogP contribution is 2.15. The summed E-state index contributed by atoms with van der Waals surface area (Å²) >= 11 is 0. The second-order valence-electron chi connectivity index (χ2n) is 5.20. The van der Waals surface area contributed by atoms with Crippen molar-refractivity contribution in [1.82, 2.24) is 35.0 Å². The summed E-state index contributed by atoms with van der Waals surface area (Å²) < 4.78 is 3.24. The molecule has 2 heterocycles. The SMILES string of the molecule is Cc1nnnn1-c1cccc(NC(=O)C(C)Cn2cncn2)c1. The molecule has 1 atom stereocenters. The molecule has 0 saturated carbocycles. The van der Waals surface area contributed by atoms with E-state index < -0.39 is 0 Å². The molecule has 3 aromatic rings. The zero-order valence-corrected chi connectivity index (χ0v) is 12.8. The van der Waals surface area contributed by atoms with Crippen LogP contribution >= 0.6 is 0 Å². The quantitative estimate of drug-likeness (QED) is 0.748. The predicted octanol–water partition coefficient (Wildman–Crippen LogP) is 0.837. The molecule has 0 aliphatic carbocycles. The Labute approximate surface area is 132 Å². The first kappa shape index (κ1) is 14.8. The minimum Gasteiger partial charge on any atom is -0.326 e. The zero-order chi connectivity index (χ0) is 16.2. The van der Waals surface area contributed by atoms with E-state index in [9.17, 15) is 4.79 Å². The van der Waals surface area contributed by atoms with Crippen LogP contribution in [0.15, 0.2) is 36.9 Å². The molecule has 3 rings (SSSR count). The lowest BCUT2D eigenvalue weighted by Gasteiger charge is -2.12. The minimum atomic E-state index is -0.241. The molecule has 1 N–H and O–H groups in total. The summed E-state index contributed by atoms with van der Waals surface area (Å²) in [4.78, 5) is 16.1. The van der Waals surface area contributed by atoms with Crippen molar-refractivity contribution in [2.24, 2.45) is 5.92 Å².